The first-order valence-corrected chi connectivity index (χ1v) is 6.58. The number of nitrogens with one attached hydrogen (secondary N) is 1. The van der Waals surface area contributed by atoms with Crippen molar-refractivity contribution in [3.63, 3.8) is 0 Å². The molecule has 1 aromatic carbocycles. The van der Waals surface area contributed by atoms with Crippen LogP contribution in [0.5, 0.6) is 5.75 Å². The van der Waals surface area contributed by atoms with Crippen molar-refractivity contribution >= 4 is 0 Å². The van der Waals surface area contributed by atoms with Crippen LogP contribution in [0.1, 0.15) is 24.3 Å². The fourth-order valence-corrected chi connectivity index (χ4v) is 3.26. The highest BCUT2D eigenvalue weighted by Crippen LogP contribution is 2.32. The Labute approximate surface area is 102 Å². The van der Waals surface area contributed by atoms with E-state index in [-0.39, 0.29) is 0 Å². The van der Waals surface area contributed by atoms with Crippen LogP contribution in [-0.4, -0.2) is 42.2 Å². The summed E-state index contributed by atoms with van der Waals surface area (Å²) in [4.78, 5) is 2.62. The van der Waals surface area contributed by atoms with E-state index in [4.69, 9.17) is 0 Å². The Kier molecular flexibility index (Phi) is 3.04. The van der Waals surface area contributed by atoms with Crippen LogP contribution in [0.2, 0.25) is 0 Å². The first-order valence-electron chi connectivity index (χ1n) is 6.58. The van der Waals surface area contributed by atoms with Crippen molar-refractivity contribution in [3.8, 4) is 5.75 Å². The molecule has 0 amide bonds. The Balaban J connectivity index is 1.86. The smallest absolute Gasteiger partial charge is 0.115 e. The normalized spacial score (nSPS) is 29.9. The van der Waals surface area contributed by atoms with E-state index < -0.39 is 0 Å². The number of benzene rings is 1. The lowest BCUT2D eigenvalue weighted by Gasteiger charge is -2.28. The van der Waals surface area contributed by atoms with Gasteiger partial charge in [-0.1, -0.05) is 12.1 Å². The SMILES string of the molecule is Oc1ccc(C2CNCCN3CCCC23)cc1. The summed E-state index contributed by atoms with van der Waals surface area (Å²) in [5.74, 6) is 0.930. The lowest BCUT2D eigenvalue weighted by atomic mass is 9.90. The van der Waals surface area contributed by atoms with Gasteiger partial charge in [0, 0.05) is 31.6 Å². The fourth-order valence-electron chi connectivity index (χ4n) is 3.26. The lowest BCUT2D eigenvalue weighted by molar-refractivity contribution is 0.249. The number of phenols is 1. The summed E-state index contributed by atoms with van der Waals surface area (Å²) in [6.45, 7) is 4.59. The molecule has 0 spiro atoms. The summed E-state index contributed by atoms with van der Waals surface area (Å²) in [7, 11) is 0. The van der Waals surface area contributed by atoms with Gasteiger partial charge in [0.2, 0.25) is 0 Å². The Hall–Kier alpha value is -1.06. The number of aromatic hydroxyl groups is 1. The second kappa shape index (κ2) is 4.67. The van der Waals surface area contributed by atoms with Gasteiger partial charge in [-0.05, 0) is 37.1 Å². The molecule has 3 heteroatoms. The standard InChI is InChI=1S/C14H20N2O/c17-12-5-3-11(4-6-12)13-10-15-7-9-16-8-1-2-14(13)16/h3-6,13-15,17H,1-2,7-10H2. The third-order valence-corrected chi connectivity index (χ3v) is 4.14. The molecule has 0 saturated carbocycles. The Morgan fingerprint density at radius 2 is 2.00 bits per heavy atom. The first-order chi connectivity index (χ1) is 8.34. The van der Waals surface area contributed by atoms with Gasteiger partial charge in [-0.3, -0.25) is 4.90 Å². The Bertz CT molecular complexity index is 376. The zero-order chi connectivity index (χ0) is 11.7. The van der Waals surface area contributed by atoms with Crippen molar-refractivity contribution < 1.29 is 5.11 Å². The number of rotatable bonds is 1. The van der Waals surface area contributed by atoms with Crippen molar-refractivity contribution in [2.75, 3.05) is 26.2 Å². The van der Waals surface area contributed by atoms with E-state index in [2.05, 4.69) is 22.3 Å². The van der Waals surface area contributed by atoms with Crippen LogP contribution in [0.3, 0.4) is 0 Å². The maximum atomic E-state index is 9.37. The molecule has 3 nitrogen and oxygen atoms in total. The summed E-state index contributed by atoms with van der Waals surface area (Å²) < 4.78 is 0. The fraction of sp³-hybridized carbons (Fsp3) is 0.571. The lowest BCUT2D eigenvalue weighted by Crippen LogP contribution is -2.34. The van der Waals surface area contributed by atoms with Gasteiger partial charge < -0.3 is 10.4 Å². The quantitative estimate of drug-likeness (QED) is 0.771. The number of phenolic OH excluding ortho intramolecular Hbond substituents is 1. The van der Waals surface area contributed by atoms with Gasteiger partial charge in [-0.2, -0.15) is 0 Å². The maximum absolute atomic E-state index is 9.37. The van der Waals surface area contributed by atoms with Gasteiger partial charge >= 0.3 is 0 Å². The van der Waals surface area contributed by atoms with E-state index in [0.29, 0.717) is 17.7 Å². The summed E-state index contributed by atoms with van der Waals surface area (Å²) in [6.07, 6.45) is 2.65. The highest BCUT2D eigenvalue weighted by molar-refractivity contribution is 5.30. The third-order valence-electron chi connectivity index (χ3n) is 4.14. The molecule has 0 aliphatic carbocycles. The Morgan fingerprint density at radius 3 is 2.82 bits per heavy atom. The van der Waals surface area contributed by atoms with E-state index >= 15 is 0 Å². The third kappa shape index (κ3) is 2.17. The van der Waals surface area contributed by atoms with E-state index in [1.807, 2.05) is 0 Å². The van der Waals surface area contributed by atoms with Gasteiger partial charge in [0.1, 0.15) is 5.75 Å². The van der Waals surface area contributed by atoms with Crippen molar-refractivity contribution in [3.05, 3.63) is 29.8 Å². The number of hydrogen-bond donors (Lipinski definition) is 2. The first kappa shape index (κ1) is 11.1. The largest absolute Gasteiger partial charge is 0.508 e. The average molecular weight is 232 g/mol. The molecule has 2 aliphatic rings. The van der Waals surface area contributed by atoms with Crippen LogP contribution < -0.4 is 5.32 Å². The van der Waals surface area contributed by atoms with Gasteiger partial charge in [0.15, 0.2) is 0 Å². The van der Waals surface area contributed by atoms with Crippen LogP contribution in [0.15, 0.2) is 24.3 Å². The van der Waals surface area contributed by atoms with E-state index in [9.17, 15) is 5.11 Å². The topological polar surface area (TPSA) is 35.5 Å². The molecule has 0 bridgehead atoms. The molecule has 0 radical (unpaired) electrons. The van der Waals surface area contributed by atoms with Gasteiger partial charge in [0.25, 0.3) is 0 Å². The van der Waals surface area contributed by atoms with E-state index in [1.54, 1.807) is 12.1 Å². The molecule has 2 aliphatic heterocycles. The molecule has 2 unspecified atom stereocenters. The maximum Gasteiger partial charge on any atom is 0.115 e. The molecule has 92 valence electrons. The molecule has 2 fully saturated rings. The summed E-state index contributed by atoms with van der Waals surface area (Å²) >= 11 is 0. The van der Waals surface area contributed by atoms with Gasteiger partial charge in [-0.15, -0.1) is 0 Å². The zero-order valence-electron chi connectivity index (χ0n) is 10.1. The summed E-state index contributed by atoms with van der Waals surface area (Å²) in [5, 5.41) is 12.9. The molecule has 17 heavy (non-hydrogen) atoms. The summed E-state index contributed by atoms with van der Waals surface area (Å²) in [6, 6.07) is 8.45. The molecular formula is C14H20N2O. The molecule has 1 aromatic rings. The molecule has 2 atom stereocenters. The Morgan fingerprint density at radius 1 is 1.18 bits per heavy atom. The molecular weight excluding hydrogens is 212 g/mol. The molecule has 3 rings (SSSR count). The zero-order valence-corrected chi connectivity index (χ0v) is 10.1. The molecule has 2 N–H and O–H groups in total. The van der Waals surface area contributed by atoms with Crippen LogP contribution in [0.25, 0.3) is 0 Å². The molecule has 2 saturated heterocycles. The minimum Gasteiger partial charge on any atom is -0.508 e. The second-order valence-corrected chi connectivity index (χ2v) is 5.15. The van der Waals surface area contributed by atoms with E-state index in [1.165, 1.54) is 31.5 Å². The van der Waals surface area contributed by atoms with Crippen LogP contribution in [0.4, 0.5) is 0 Å². The van der Waals surface area contributed by atoms with Crippen molar-refractivity contribution in [2.45, 2.75) is 24.8 Å². The monoisotopic (exact) mass is 232 g/mol. The number of nitrogens with zero attached hydrogens (tertiary/aromatic N) is 1. The molecule has 2 heterocycles. The van der Waals surface area contributed by atoms with Crippen molar-refractivity contribution in [2.24, 2.45) is 0 Å². The van der Waals surface area contributed by atoms with E-state index in [0.717, 1.165) is 13.1 Å². The predicted molar refractivity (Wildman–Crippen MR) is 68.3 cm³/mol. The minimum atomic E-state index is 0.360. The summed E-state index contributed by atoms with van der Waals surface area (Å²) in [5.41, 5.74) is 1.36. The van der Waals surface area contributed by atoms with Gasteiger partial charge in [-0.25, -0.2) is 0 Å². The van der Waals surface area contributed by atoms with Gasteiger partial charge in [0.05, 0.1) is 0 Å². The van der Waals surface area contributed by atoms with Crippen LogP contribution >= 0.6 is 0 Å². The van der Waals surface area contributed by atoms with Crippen molar-refractivity contribution in [1.29, 1.82) is 0 Å². The number of hydrogen-bond acceptors (Lipinski definition) is 3. The molecule has 0 aromatic heterocycles. The number of fused-ring (bicyclic) bond motifs is 1. The minimum absolute atomic E-state index is 0.360. The average Bonchev–Trinajstić information content (AvgIpc) is 2.71. The van der Waals surface area contributed by atoms with Crippen LogP contribution in [0, 0.1) is 0 Å². The second-order valence-electron chi connectivity index (χ2n) is 5.15. The highest BCUT2D eigenvalue weighted by Gasteiger charge is 2.33. The van der Waals surface area contributed by atoms with Crippen molar-refractivity contribution in [1.82, 2.24) is 10.2 Å². The highest BCUT2D eigenvalue weighted by atomic mass is 16.3. The van der Waals surface area contributed by atoms with Crippen LogP contribution in [-0.2, 0) is 0 Å². The predicted octanol–water partition coefficient (Wildman–Crippen LogP) is 1.54.